The van der Waals surface area contributed by atoms with Crippen LogP contribution in [0.15, 0.2) is 59.4 Å². The average molecular weight is 537 g/mol. The Bertz CT molecular complexity index is 1420. The maximum Gasteiger partial charge on any atom is 0.573 e. The van der Waals surface area contributed by atoms with Crippen molar-refractivity contribution < 1.29 is 41.0 Å². The summed E-state index contributed by atoms with van der Waals surface area (Å²) in [6, 6.07) is 8.40. The highest BCUT2D eigenvalue weighted by Gasteiger charge is 2.45. The van der Waals surface area contributed by atoms with Crippen LogP contribution < -0.4 is 25.2 Å². The van der Waals surface area contributed by atoms with Gasteiger partial charge < -0.3 is 14.8 Å². The van der Waals surface area contributed by atoms with Gasteiger partial charge >= 0.3 is 6.36 Å². The van der Waals surface area contributed by atoms with Gasteiger partial charge in [0, 0.05) is 48.8 Å². The van der Waals surface area contributed by atoms with Crippen LogP contribution in [0, 0.1) is 11.6 Å². The molecule has 1 N–H and O–H groups in total. The number of hydrogen-bond acceptors (Lipinski definition) is 5. The van der Waals surface area contributed by atoms with Crippen molar-refractivity contribution in [2.45, 2.75) is 18.3 Å². The fourth-order valence-electron chi connectivity index (χ4n) is 4.25. The molecule has 0 radical (unpaired) electrons. The third-order valence-corrected chi connectivity index (χ3v) is 6.04. The van der Waals surface area contributed by atoms with E-state index < -0.39 is 58.6 Å². The van der Waals surface area contributed by atoms with Crippen molar-refractivity contribution in [1.82, 2.24) is 9.88 Å². The van der Waals surface area contributed by atoms with Crippen molar-refractivity contribution >= 4 is 17.6 Å². The second kappa shape index (κ2) is 10.1. The van der Waals surface area contributed by atoms with E-state index >= 15 is 8.78 Å². The first-order valence-electron chi connectivity index (χ1n) is 11.1. The van der Waals surface area contributed by atoms with Gasteiger partial charge in [0.15, 0.2) is 0 Å². The van der Waals surface area contributed by atoms with Crippen molar-refractivity contribution in [3.05, 3.63) is 87.7 Å². The Hall–Kier alpha value is -4.42. The summed E-state index contributed by atoms with van der Waals surface area (Å²) in [6.07, 6.45) is -4.93. The van der Waals surface area contributed by atoms with E-state index in [1.807, 2.05) is 0 Å². The highest BCUT2D eigenvalue weighted by Crippen LogP contribution is 2.36. The minimum absolute atomic E-state index is 0.0999. The third kappa shape index (κ3) is 5.31. The van der Waals surface area contributed by atoms with Crippen LogP contribution in [0.4, 0.5) is 27.8 Å². The zero-order valence-electron chi connectivity index (χ0n) is 19.9. The van der Waals surface area contributed by atoms with Gasteiger partial charge in [0.1, 0.15) is 35.0 Å². The third-order valence-electron chi connectivity index (χ3n) is 6.04. The summed E-state index contributed by atoms with van der Waals surface area (Å²) in [4.78, 5) is 39.7. The predicted octanol–water partition coefficient (Wildman–Crippen LogP) is 3.50. The largest absolute Gasteiger partial charge is 0.573 e. The van der Waals surface area contributed by atoms with Gasteiger partial charge in [-0.1, -0.05) is 6.07 Å². The Morgan fingerprint density at radius 3 is 2.21 bits per heavy atom. The highest BCUT2D eigenvalue weighted by atomic mass is 19.4. The Morgan fingerprint density at radius 2 is 1.63 bits per heavy atom. The van der Waals surface area contributed by atoms with E-state index in [2.05, 4.69) is 10.1 Å². The summed E-state index contributed by atoms with van der Waals surface area (Å²) >= 11 is 0. The van der Waals surface area contributed by atoms with Crippen molar-refractivity contribution in [3.8, 4) is 11.5 Å². The SMILES string of the molecule is COc1cc(F)c([C@@H]2CN(c3cccc(=O)n3C)C(=O)[C@H]2NC(=O)c2ccc(OC(F)(F)F)cc2)c(F)c1. The van der Waals surface area contributed by atoms with Crippen LogP contribution in [-0.4, -0.2) is 42.4 Å². The van der Waals surface area contributed by atoms with Crippen LogP contribution in [0.2, 0.25) is 0 Å². The monoisotopic (exact) mass is 537 g/mol. The number of anilines is 1. The number of nitrogens with one attached hydrogen (secondary N) is 1. The minimum atomic E-state index is -4.93. The van der Waals surface area contributed by atoms with Crippen LogP contribution in [-0.2, 0) is 11.8 Å². The topological polar surface area (TPSA) is 89.9 Å². The molecule has 200 valence electrons. The average Bonchev–Trinajstić information content (AvgIpc) is 3.15. The molecule has 2 heterocycles. The van der Waals surface area contributed by atoms with Gasteiger partial charge in [-0.2, -0.15) is 0 Å². The molecule has 1 aliphatic rings. The molecular weight excluding hydrogens is 517 g/mol. The van der Waals surface area contributed by atoms with Crippen LogP contribution in [0.25, 0.3) is 0 Å². The second-order valence-electron chi connectivity index (χ2n) is 8.36. The molecule has 38 heavy (non-hydrogen) atoms. The lowest BCUT2D eigenvalue weighted by atomic mass is 9.92. The lowest BCUT2D eigenvalue weighted by Gasteiger charge is -2.20. The first-order chi connectivity index (χ1) is 17.9. The molecule has 3 aromatic rings. The summed E-state index contributed by atoms with van der Waals surface area (Å²) < 4.78 is 77.2. The number of hydrogen-bond donors (Lipinski definition) is 1. The molecule has 2 atom stereocenters. The van der Waals surface area contributed by atoms with Gasteiger partial charge in [0.2, 0.25) is 0 Å². The Kier molecular flexibility index (Phi) is 7.11. The number of halogens is 5. The molecule has 2 aromatic carbocycles. The lowest BCUT2D eigenvalue weighted by Crippen LogP contribution is -2.44. The summed E-state index contributed by atoms with van der Waals surface area (Å²) in [5.74, 6) is -5.44. The molecule has 0 unspecified atom stereocenters. The maximum atomic E-state index is 15.0. The molecule has 1 fully saturated rings. The van der Waals surface area contributed by atoms with Gasteiger partial charge in [-0.05, 0) is 30.3 Å². The van der Waals surface area contributed by atoms with Gasteiger partial charge in [-0.3, -0.25) is 23.9 Å². The van der Waals surface area contributed by atoms with E-state index in [9.17, 15) is 27.6 Å². The van der Waals surface area contributed by atoms with Gasteiger partial charge in [-0.25, -0.2) is 8.78 Å². The van der Waals surface area contributed by atoms with E-state index in [1.54, 1.807) is 0 Å². The number of ether oxygens (including phenoxy) is 2. The standard InChI is InChI=1S/C25H20F5N3O5/c1-32-19(4-3-5-20(32)34)33-12-16(21-17(26)10-15(37-2)11-18(21)27)22(24(33)36)31-23(35)13-6-8-14(9-7-13)38-25(28,29)30/h3-11,16,22H,12H2,1-2H3,(H,31,35)/t16-,22-/m0/s1. The van der Waals surface area contributed by atoms with E-state index in [0.717, 1.165) is 41.3 Å². The number of carbonyl (C=O) groups excluding carboxylic acids is 2. The Labute approximate surface area is 212 Å². The molecule has 13 heteroatoms. The molecule has 0 bridgehead atoms. The van der Waals surface area contributed by atoms with Gasteiger partial charge in [0.05, 0.1) is 7.11 Å². The molecule has 2 amide bonds. The predicted molar refractivity (Wildman–Crippen MR) is 124 cm³/mol. The molecular formula is C25H20F5N3O5. The fraction of sp³-hybridized carbons (Fsp3) is 0.240. The van der Waals surface area contributed by atoms with Crippen LogP contribution in [0.1, 0.15) is 21.8 Å². The summed E-state index contributed by atoms with van der Waals surface area (Å²) in [6.45, 7) is -0.292. The summed E-state index contributed by atoms with van der Waals surface area (Å²) in [5, 5.41) is 2.43. The van der Waals surface area contributed by atoms with Gasteiger partial charge in [0.25, 0.3) is 17.4 Å². The second-order valence-corrected chi connectivity index (χ2v) is 8.36. The first-order valence-corrected chi connectivity index (χ1v) is 11.1. The summed E-state index contributed by atoms with van der Waals surface area (Å²) in [7, 11) is 2.63. The normalized spacial score (nSPS) is 17.4. The zero-order valence-corrected chi connectivity index (χ0v) is 19.9. The maximum absolute atomic E-state index is 15.0. The zero-order chi connectivity index (χ0) is 27.8. The van der Waals surface area contributed by atoms with Crippen LogP contribution in [0.5, 0.6) is 11.5 Å². The molecule has 1 aliphatic heterocycles. The van der Waals surface area contributed by atoms with Crippen LogP contribution in [0.3, 0.4) is 0 Å². The first kappa shape index (κ1) is 26.6. The van der Waals surface area contributed by atoms with Crippen molar-refractivity contribution in [1.29, 1.82) is 0 Å². The fourth-order valence-corrected chi connectivity index (χ4v) is 4.25. The quantitative estimate of drug-likeness (QED) is 0.487. The number of benzene rings is 2. The number of nitrogens with zero attached hydrogens (tertiary/aromatic N) is 2. The molecule has 0 saturated carbocycles. The van der Waals surface area contributed by atoms with Crippen molar-refractivity contribution in [2.24, 2.45) is 7.05 Å². The van der Waals surface area contributed by atoms with Crippen molar-refractivity contribution in [3.63, 3.8) is 0 Å². The Morgan fingerprint density at radius 1 is 1.00 bits per heavy atom. The number of carbonyl (C=O) groups is 2. The van der Waals surface area contributed by atoms with E-state index in [-0.39, 0.29) is 23.7 Å². The molecule has 1 aromatic heterocycles. The Balaban J connectivity index is 1.70. The van der Waals surface area contributed by atoms with E-state index in [0.29, 0.717) is 0 Å². The van der Waals surface area contributed by atoms with E-state index in [1.165, 1.54) is 36.9 Å². The number of methoxy groups -OCH3 is 1. The number of pyridine rings is 1. The molecule has 8 nitrogen and oxygen atoms in total. The summed E-state index contributed by atoms with van der Waals surface area (Å²) in [5.41, 5.74) is -1.06. The van der Waals surface area contributed by atoms with Crippen LogP contribution >= 0.6 is 0 Å². The molecule has 0 aliphatic carbocycles. The highest BCUT2D eigenvalue weighted by molar-refractivity contribution is 6.04. The number of alkyl halides is 3. The molecule has 1 saturated heterocycles. The van der Waals surface area contributed by atoms with Crippen molar-refractivity contribution in [2.75, 3.05) is 18.6 Å². The minimum Gasteiger partial charge on any atom is -0.497 e. The smallest absolute Gasteiger partial charge is 0.497 e. The molecule has 0 spiro atoms. The molecule has 4 rings (SSSR count). The number of rotatable bonds is 6. The van der Waals surface area contributed by atoms with E-state index in [4.69, 9.17) is 4.74 Å². The number of amides is 2. The van der Waals surface area contributed by atoms with Gasteiger partial charge in [-0.15, -0.1) is 13.2 Å². The number of aromatic nitrogens is 1. The lowest BCUT2D eigenvalue weighted by molar-refractivity contribution is -0.274.